The maximum atomic E-state index is 13.6. The minimum Gasteiger partial charge on any atom is -0.481 e. The van der Waals surface area contributed by atoms with Gasteiger partial charge in [-0.1, -0.05) is 13.0 Å². The third-order valence-electron chi connectivity index (χ3n) is 3.69. The van der Waals surface area contributed by atoms with Gasteiger partial charge in [0.25, 0.3) is 5.91 Å². The number of amides is 1. The molecule has 2 rings (SSSR count). The molecule has 0 saturated carbocycles. The molecule has 20 heavy (non-hydrogen) atoms. The Hall–Kier alpha value is -1.98. The fourth-order valence-electron chi connectivity index (χ4n) is 2.56. The van der Waals surface area contributed by atoms with Crippen molar-refractivity contribution >= 4 is 11.9 Å². The van der Waals surface area contributed by atoms with Gasteiger partial charge in [0.15, 0.2) is 0 Å². The van der Waals surface area contributed by atoms with Crippen LogP contribution in [0.2, 0.25) is 0 Å². The van der Waals surface area contributed by atoms with Gasteiger partial charge in [0.1, 0.15) is 17.2 Å². The van der Waals surface area contributed by atoms with Crippen LogP contribution in [0.4, 0.5) is 8.78 Å². The predicted molar refractivity (Wildman–Crippen MR) is 67.2 cm³/mol. The van der Waals surface area contributed by atoms with Crippen LogP contribution in [0.1, 0.15) is 23.7 Å². The summed E-state index contributed by atoms with van der Waals surface area (Å²) in [7, 11) is 0. The maximum absolute atomic E-state index is 13.6. The van der Waals surface area contributed by atoms with Crippen molar-refractivity contribution in [2.75, 3.05) is 13.1 Å². The average molecular weight is 283 g/mol. The van der Waals surface area contributed by atoms with Crippen LogP contribution in [0, 0.1) is 23.5 Å². The van der Waals surface area contributed by atoms with Crippen molar-refractivity contribution in [2.24, 2.45) is 11.8 Å². The first-order chi connectivity index (χ1) is 9.41. The van der Waals surface area contributed by atoms with Gasteiger partial charge in [0.05, 0.1) is 5.92 Å². The molecule has 1 aromatic rings. The zero-order valence-corrected chi connectivity index (χ0v) is 11.0. The van der Waals surface area contributed by atoms with E-state index >= 15 is 0 Å². The standard InChI is InChI=1S/C14H15F2NO3/c1-8-7-17(6-5-9(8)14(19)20)13(18)12-10(15)3-2-4-11(12)16/h2-4,8-9H,5-7H2,1H3,(H,19,20). The summed E-state index contributed by atoms with van der Waals surface area (Å²) in [6.07, 6.45) is 0.290. The van der Waals surface area contributed by atoms with E-state index in [1.165, 1.54) is 11.0 Å². The second-order valence-corrected chi connectivity index (χ2v) is 5.06. The molecule has 1 aliphatic heterocycles. The summed E-state index contributed by atoms with van der Waals surface area (Å²) in [5.41, 5.74) is -0.575. The van der Waals surface area contributed by atoms with Gasteiger partial charge in [-0.05, 0) is 24.5 Å². The van der Waals surface area contributed by atoms with Crippen molar-refractivity contribution in [3.8, 4) is 0 Å². The number of carboxylic acid groups (broad SMARTS) is 1. The number of rotatable bonds is 2. The van der Waals surface area contributed by atoms with E-state index in [9.17, 15) is 18.4 Å². The highest BCUT2D eigenvalue weighted by atomic mass is 19.1. The molecule has 108 valence electrons. The van der Waals surface area contributed by atoms with Gasteiger partial charge >= 0.3 is 5.97 Å². The van der Waals surface area contributed by atoms with Crippen LogP contribution < -0.4 is 0 Å². The Kier molecular flexibility index (Phi) is 4.01. The smallest absolute Gasteiger partial charge is 0.306 e. The number of carbonyl (C=O) groups excluding carboxylic acids is 1. The summed E-state index contributed by atoms with van der Waals surface area (Å²) in [6, 6.07) is 3.26. The molecule has 1 saturated heterocycles. The van der Waals surface area contributed by atoms with E-state index in [4.69, 9.17) is 5.11 Å². The Morgan fingerprint density at radius 2 is 1.90 bits per heavy atom. The van der Waals surface area contributed by atoms with Gasteiger partial charge in [0, 0.05) is 13.1 Å². The Labute approximate surface area is 115 Å². The second kappa shape index (κ2) is 5.56. The fraction of sp³-hybridized carbons (Fsp3) is 0.429. The number of carbonyl (C=O) groups is 2. The van der Waals surface area contributed by atoms with Gasteiger partial charge in [-0.15, -0.1) is 0 Å². The molecule has 4 nitrogen and oxygen atoms in total. The van der Waals surface area contributed by atoms with Crippen molar-refractivity contribution < 1.29 is 23.5 Å². The molecule has 0 aliphatic carbocycles. The molecule has 0 spiro atoms. The van der Waals surface area contributed by atoms with Crippen LogP contribution in [-0.4, -0.2) is 35.0 Å². The van der Waals surface area contributed by atoms with Crippen LogP contribution in [0.25, 0.3) is 0 Å². The summed E-state index contributed by atoms with van der Waals surface area (Å²) in [4.78, 5) is 24.5. The van der Waals surface area contributed by atoms with Crippen molar-refractivity contribution in [3.05, 3.63) is 35.4 Å². The van der Waals surface area contributed by atoms with Crippen LogP contribution in [-0.2, 0) is 4.79 Å². The summed E-state index contributed by atoms with van der Waals surface area (Å²) in [6.45, 7) is 2.09. The predicted octanol–water partition coefficient (Wildman–Crippen LogP) is 2.15. The monoisotopic (exact) mass is 283 g/mol. The molecule has 6 heteroatoms. The van der Waals surface area contributed by atoms with Gasteiger partial charge in [-0.3, -0.25) is 9.59 Å². The molecule has 0 aromatic heterocycles. The highest BCUT2D eigenvalue weighted by Gasteiger charge is 2.34. The van der Waals surface area contributed by atoms with Crippen LogP contribution in [0.15, 0.2) is 18.2 Å². The lowest BCUT2D eigenvalue weighted by atomic mass is 9.87. The quantitative estimate of drug-likeness (QED) is 0.904. The van der Waals surface area contributed by atoms with E-state index in [-0.39, 0.29) is 25.4 Å². The van der Waals surface area contributed by atoms with E-state index < -0.39 is 35.0 Å². The van der Waals surface area contributed by atoms with Gasteiger partial charge in [-0.25, -0.2) is 8.78 Å². The molecule has 2 atom stereocenters. The first kappa shape index (κ1) is 14.4. The van der Waals surface area contributed by atoms with E-state index in [2.05, 4.69) is 0 Å². The number of hydrogen-bond acceptors (Lipinski definition) is 2. The molecule has 1 fully saturated rings. The van der Waals surface area contributed by atoms with Crippen molar-refractivity contribution in [2.45, 2.75) is 13.3 Å². The Balaban J connectivity index is 2.18. The topological polar surface area (TPSA) is 57.6 Å². The van der Waals surface area contributed by atoms with Crippen LogP contribution in [0.5, 0.6) is 0 Å². The number of piperidine rings is 1. The Morgan fingerprint density at radius 1 is 1.30 bits per heavy atom. The lowest BCUT2D eigenvalue weighted by Crippen LogP contribution is -2.45. The van der Waals surface area contributed by atoms with E-state index in [0.29, 0.717) is 0 Å². The third-order valence-corrected chi connectivity index (χ3v) is 3.69. The zero-order chi connectivity index (χ0) is 14.9. The molecule has 1 N–H and O–H groups in total. The second-order valence-electron chi connectivity index (χ2n) is 5.06. The average Bonchev–Trinajstić information content (AvgIpc) is 2.37. The summed E-state index contributed by atoms with van der Waals surface area (Å²) >= 11 is 0. The van der Waals surface area contributed by atoms with E-state index in [1.807, 2.05) is 0 Å². The molecule has 0 bridgehead atoms. The minimum absolute atomic E-state index is 0.184. The maximum Gasteiger partial charge on any atom is 0.306 e. The molecule has 1 heterocycles. The molecule has 1 aromatic carbocycles. The summed E-state index contributed by atoms with van der Waals surface area (Å²) < 4.78 is 27.2. The van der Waals surface area contributed by atoms with Crippen LogP contribution in [0.3, 0.4) is 0 Å². The number of aliphatic carboxylic acids is 1. The van der Waals surface area contributed by atoms with Gasteiger partial charge in [0.2, 0.25) is 0 Å². The lowest BCUT2D eigenvalue weighted by molar-refractivity contribution is -0.145. The molecular formula is C14H15F2NO3. The number of halogens is 2. The largest absolute Gasteiger partial charge is 0.481 e. The Morgan fingerprint density at radius 3 is 2.40 bits per heavy atom. The van der Waals surface area contributed by atoms with Crippen LogP contribution >= 0.6 is 0 Å². The fourth-order valence-corrected chi connectivity index (χ4v) is 2.56. The number of nitrogens with zero attached hydrogens (tertiary/aromatic N) is 1. The Bertz CT molecular complexity index is 527. The normalized spacial score (nSPS) is 22.6. The highest BCUT2D eigenvalue weighted by Crippen LogP contribution is 2.25. The third kappa shape index (κ3) is 2.64. The van der Waals surface area contributed by atoms with Crippen molar-refractivity contribution in [3.63, 3.8) is 0 Å². The molecule has 0 radical (unpaired) electrons. The SMILES string of the molecule is CC1CN(C(=O)c2c(F)cccc2F)CCC1C(=O)O. The van der Waals surface area contributed by atoms with Gasteiger partial charge in [-0.2, -0.15) is 0 Å². The zero-order valence-electron chi connectivity index (χ0n) is 11.0. The van der Waals surface area contributed by atoms with Crippen molar-refractivity contribution in [1.29, 1.82) is 0 Å². The van der Waals surface area contributed by atoms with E-state index in [0.717, 1.165) is 12.1 Å². The molecule has 2 unspecified atom stereocenters. The summed E-state index contributed by atoms with van der Waals surface area (Å²) in [5.74, 6) is -4.20. The highest BCUT2D eigenvalue weighted by molar-refractivity contribution is 5.95. The number of benzene rings is 1. The first-order valence-electron chi connectivity index (χ1n) is 6.38. The minimum atomic E-state index is -0.901. The van der Waals surface area contributed by atoms with Crippen molar-refractivity contribution in [1.82, 2.24) is 4.90 Å². The number of likely N-dealkylation sites (tertiary alicyclic amines) is 1. The summed E-state index contributed by atoms with van der Waals surface area (Å²) in [5, 5.41) is 9.02. The number of carboxylic acids is 1. The lowest BCUT2D eigenvalue weighted by Gasteiger charge is -2.35. The van der Waals surface area contributed by atoms with E-state index in [1.54, 1.807) is 6.92 Å². The molecule has 1 amide bonds. The van der Waals surface area contributed by atoms with Gasteiger partial charge < -0.3 is 10.0 Å². The molecular weight excluding hydrogens is 268 g/mol. The first-order valence-corrected chi connectivity index (χ1v) is 6.38. The number of hydrogen-bond donors (Lipinski definition) is 1. The molecule has 1 aliphatic rings.